The lowest BCUT2D eigenvalue weighted by Crippen LogP contribution is -2.30. The minimum absolute atomic E-state index is 0.00986. The van der Waals surface area contributed by atoms with Gasteiger partial charge in [0.1, 0.15) is 6.33 Å². The lowest BCUT2D eigenvalue weighted by atomic mass is 10.0. The van der Waals surface area contributed by atoms with Crippen LogP contribution >= 0.6 is 11.6 Å². The molecule has 5 aromatic rings. The van der Waals surface area contributed by atoms with E-state index in [1.807, 2.05) is 0 Å². The number of benzene rings is 2. The van der Waals surface area contributed by atoms with E-state index in [0.29, 0.717) is 33.2 Å². The van der Waals surface area contributed by atoms with E-state index in [-0.39, 0.29) is 22.7 Å². The molecule has 16 nitrogen and oxygen atoms in total. The summed E-state index contributed by atoms with van der Waals surface area (Å²) < 4.78 is 27.1. The Hall–Kier alpha value is -5.68. The van der Waals surface area contributed by atoms with Gasteiger partial charge >= 0.3 is 6.09 Å². The van der Waals surface area contributed by atoms with Crippen molar-refractivity contribution in [1.29, 1.82) is 0 Å². The van der Waals surface area contributed by atoms with Crippen LogP contribution in [0.5, 0.6) is 0 Å². The van der Waals surface area contributed by atoms with E-state index < -0.39 is 33.4 Å². The summed E-state index contributed by atoms with van der Waals surface area (Å²) in [5.41, 5.74) is 2.12. The highest BCUT2D eigenvalue weighted by Gasteiger charge is 2.22. The Labute approximate surface area is 265 Å². The van der Waals surface area contributed by atoms with Gasteiger partial charge in [0, 0.05) is 42.1 Å². The molecule has 0 aliphatic heterocycles. The molecule has 2 amide bonds. The predicted molar refractivity (Wildman–Crippen MR) is 166 cm³/mol. The zero-order chi connectivity index (χ0) is 33.0. The Morgan fingerprint density at radius 3 is 2.54 bits per heavy atom. The van der Waals surface area contributed by atoms with Crippen molar-refractivity contribution in [2.24, 2.45) is 7.05 Å². The van der Waals surface area contributed by atoms with Gasteiger partial charge in [0.25, 0.3) is 5.56 Å². The maximum absolute atomic E-state index is 13.3. The summed E-state index contributed by atoms with van der Waals surface area (Å²) in [5.74, 6) is -0.550. The second-order valence-electron chi connectivity index (χ2n) is 9.97. The van der Waals surface area contributed by atoms with Gasteiger partial charge in [0.15, 0.2) is 14.9 Å². The van der Waals surface area contributed by atoms with Crippen molar-refractivity contribution in [3.05, 3.63) is 99.3 Å². The molecule has 0 spiro atoms. The molecule has 0 fully saturated rings. The highest BCUT2D eigenvalue weighted by atomic mass is 35.5. The molecule has 5 rings (SSSR count). The topological polar surface area (TPSA) is 220 Å². The van der Waals surface area contributed by atoms with Crippen molar-refractivity contribution >= 4 is 45.2 Å². The number of halogens is 1. The van der Waals surface area contributed by atoms with Gasteiger partial charge in [-0.25, -0.2) is 18.3 Å². The average molecular weight is 665 g/mol. The van der Waals surface area contributed by atoms with Crippen LogP contribution in [0.4, 0.5) is 10.5 Å². The Kier molecular flexibility index (Phi) is 9.06. The zero-order valence-corrected chi connectivity index (χ0v) is 25.7. The Bertz CT molecular complexity index is 2110. The monoisotopic (exact) mass is 664 g/mol. The molecule has 0 saturated carbocycles. The van der Waals surface area contributed by atoms with Crippen LogP contribution in [0.15, 0.2) is 76.8 Å². The second kappa shape index (κ2) is 13.1. The van der Waals surface area contributed by atoms with Crippen molar-refractivity contribution < 1.29 is 23.1 Å². The smallest absolute Gasteiger partial charge is 0.409 e. The Balaban J connectivity index is 1.48. The van der Waals surface area contributed by atoms with E-state index in [1.54, 1.807) is 30.3 Å². The lowest BCUT2D eigenvalue weighted by molar-refractivity contribution is -0.117. The number of amides is 2. The third-order valence-electron chi connectivity index (χ3n) is 6.62. The summed E-state index contributed by atoms with van der Waals surface area (Å²) in [6.45, 7) is 0. The summed E-state index contributed by atoms with van der Waals surface area (Å²) in [6, 6.07) is 13.1. The van der Waals surface area contributed by atoms with E-state index in [9.17, 15) is 22.8 Å². The molecule has 0 radical (unpaired) electrons. The first-order chi connectivity index (χ1) is 21.9. The van der Waals surface area contributed by atoms with Crippen LogP contribution in [0.3, 0.4) is 0 Å². The number of H-pyrrole nitrogens is 1. The number of nitrogens with zero attached hydrogens (tertiary/aromatic N) is 7. The number of sulfone groups is 1. The van der Waals surface area contributed by atoms with Crippen molar-refractivity contribution in [3.8, 4) is 16.8 Å². The number of hydrogen-bond donors (Lipinski definition) is 4. The Morgan fingerprint density at radius 1 is 1.13 bits per heavy atom. The maximum Gasteiger partial charge on any atom is 0.409 e. The van der Waals surface area contributed by atoms with Crippen molar-refractivity contribution in [2.45, 2.75) is 17.5 Å². The first kappa shape index (κ1) is 31.7. The van der Waals surface area contributed by atoms with Gasteiger partial charge in [-0.3, -0.25) is 19.6 Å². The van der Waals surface area contributed by atoms with E-state index in [2.05, 4.69) is 41.5 Å². The number of carboxylic acid groups (broad SMARTS) is 1. The number of tetrazole rings is 1. The van der Waals surface area contributed by atoms with Crippen LogP contribution in [0.2, 0.25) is 5.02 Å². The molecule has 3 heterocycles. The Morgan fingerprint density at radius 2 is 1.89 bits per heavy atom. The number of hydrogen-bond acceptors (Lipinski definition) is 10. The highest BCUT2D eigenvalue weighted by molar-refractivity contribution is 7.90. The van der Waals surface area contributed by atoms with Crippen molar-refractivity contribution in [3.63, 3.8) is 0 Å². The van der Waals surface area contributed by atoms with Gasteiger partial charge in [-0.15, -0.1) is 5.10 Å². The van der Waals surface area contributed by atoms with Crippen LogP contribution in [-0.4, -0.2) is 72.0 Å². The zero-order valence-electron chi connectivity index (χ0n) is 24.1. The van der Waals surface area contributed by atoms with Crippen LogP contribution in [0.25, 0.3) is 22.9 Å². The minimum atomic E-state index is -3.59. The number of anilines is 1. The van der Waals surface area contributed by atoms with Crippen LogP contribution in [0, 0.1) is 0 Å². The number of carbonyl (C=O) groups excluding carboxylic acids is 1. The summed E-state index contributed by atoms with van der Waals surface area (Å²) in [7, 11) is -2.10. The number of aromatic amines is 1. The minimum Gasteiger partial charge on any atom is -0.465 e. The molecule has 46 heavy (non-hydrogen) atoms. The highest BCUT2D eigenvalue weighted by Crippen LogP contribution is 2.24. The van der Waals surface area contributed by atoms with Gasteiger partial charge in [0.05, 0.1) is 28.7 Å². The number of aromatic nitrogens is 8. The standard InChI is InChI=1S/C28H25ClN10O6S/c1-38-26(46(2,44)45)13-20(35-38)12-22(23-14-21(27(41)34-33-23)16-3-7-19(8-4-16)31-28(42)43)32-25(40)10-5-17-11-18(29)6-9-24(17)39-15-30-36-37-39/h3-11,13-15,22,31H,12H2,1-2H3,(H,32,40)(H,34,41)(H,42,43). The van der Waals surface area contributed by atoms with Crippen LogP contribution in [0.1, 0.15) is 23.0 Å². The third kappa shape index (κ3) is 7.51. The van der Waals surface area contributed by atoms with E-state index >= 15 is 0 Å². The first-order valence-electron chi connectivity index (χ1n) is 13.3. The van der Waals surface area contributed by atoms with Crippen LogP contribution in [-0.2, 0) is 28.1 Å². The van der Waals surface area contributed by atoms with Gasteiger partial charge in [-0.2, -0.15) is 14.9 Å². The molecule has 4 N–H and O–H groups in total. The fraction of sp³-hybridized carbons (Fsp3) is 0.143. The molecule has 0 bridgehead atoms. The SMILES string of the molecule is Cn1nc(CC(NC(=O)C=Cc2cc(Cl)ccc2-n2cnnn2)c2cc(-c3ccc(NC(=O)O)cc3)c(=O)[nH]n2)cc1S(C)(=O)=O. The fourth-order valence-electron chi connectivity index (χ4n) is 4.59. The normalized spacial score (nSPS) is 12.2. The van der Waals surface area contributed by atoms with Crippen molar-refractivity contribution in [1.82, 2.24) is 45.5 Å². The fourth-order valence-corrected chi connectivity index (χ4v) is 5.64. The van der Waals surface area contributed by atoms with E-state index in [0.717, 1.165) is 6.26 Å². The lowest BCUT2D eigenvalue weighted by Gasteiger charge is -2.17. The summed E-state index contributed by atoms with van der Waals surface area (Å²) in [4.78, 5) is 37.0. The third-order valence-corrected chi connectivity index (χ3v) is 8.00. The number of carbonyl (C=O) groups is 2. The molecular weight excluding hydrogens is 640 g/mol. The first-order valence-corrected chi connectivity index (χ1v) is 15.6. The predicted octanol–water partition coefficient (Wildman–Crippen LogP) is 2.41. The number of rotatable bonds is 10. The molecule has 1 atom stereocenters. The van der Waals surface area contributed by atoms with Crippen LogP contribution < -0.4 is 16.2 Å². The largest absolute Gasteiger partial charge is 0.465 e. The van der Waals surface area contributed by atoms with Crippen molar-refractivity contribution in [2.75, 3.05) is 11.6 Å². The molecule has 0 aliphatic carbocycles. The van der Waals surface area contributed by atoms with Gasteiger partial charge in [0.2, 0.25) is 5.91 Å². The maximum atomic E-state index is 13.3. The summed E-state index contributed by atoms with van der Waals surface area (Å²) in [6.07, 6.45) is 4.02. The van der Waals surface area contributed by atoms with E-state index in [1.165, 1.54) is 59.2 Å². The summed E-state index contributed by atoms with van der Waals surface area (Å²) in [5, 5.41) is 36.5. The molecule has 0 aliphatic rings. The summed E-state index contributed by atoms with van der Waals surface area (Å²) >= 11 is 6.19. The van der Waals surface area contributed by atoms with Gasteiger partial charge in [-0.05, 0) is 64.5 Å². The van der Waals surface area contributed by atoms with E-state index in [4.69, 9.17) is 16.7 Å². The molecule has 3 aromatic heterocycles. The molecule has 0 saturated heterocycles. The number of aryl methyl sites for hydroxylation is 1. The molecule has 2 aromatic carbocycles. The number of nitrogens with one attached hydrogen (secondary N) is 3. The molecule has 236 valence electrons. The molecular formula is C28H25ClN10O6S. The average Bonchev–Trinajstić information content (AvgIpc) is 3.66. The second-order valence-corrected chi connectivity index (χ2v) is 12.4. The molecule has 18 heteroatoms. The van der Waals surface area contributed by atoms with Gasteiger partial charge < -0.3 is 10.4 Å². The molecule has 1 unspecified atom stereocenters. The van der Waals surface area contributed by atoms with Gasteiger partial charge in [-0.1, -0.05) is 23.7 Å². The quantitative estimate of drug-likeness (QED) is 0.159.